The van der Waals surface area contributed by atoms with Crippen LogP contribution in [0.3, 0.4) is 0 Å². The van der Waals surface area contributed by atoms with Gasteiger partial charge in [-0.15, -0.1) is 0 Å². The first-order chi connectivity index (χ1) is 8.93. The highest BCUT2D eigenvalue weighted by Crippen LogP contribution is 2.32. The Morgan fingerprint density at radius 3 is 2.83 bits per heavy atom. The van der Waals surface area contributed by atoms with Crippen LogP contribution in [0.4, 0.5) is 0 Å². The third kappa shape index (κ3) is 2.45. The minimum atomic E-state index is 0.699. The van der Waals surface area contributed by atoms with Crippen LogP contribution >= 0.6 is 0 Å². The van der Waals surface area contributed by atoms with E-state index in [1.54, 1.807) is 0 Å². The fourth-order valence-electron chi connectivity index (χ4n) is 2.87. The molecule has 0 atom stereocenters. The number of pyridine rings is 1. The summed E-state index contributed by atoms with van der Waals surface area (Å²) < 4.78 is 2.26. The highest BCUT2D eigenvalue weighted by molar-refractivity contribution is 5.11. The Morgan fingerprint density at radius 1 is 1.17 bits per heavy atom. The Kier molecular flexibility index (Phi) is 3.40. The summed E-state index contributed by atoms with van der Waals surface area (Å²) in [5.74, 6) is 0.699. The molecule has 0 radical (unpaired) electrons. The minimum absolute atomic E-state index is 0.699. The van der Waals surface area contributed by atoms with Crippen molar-refractivity contribution in [1.29, 1.82) is 0 Å². The lowest BCUT2D eigenvalue weighted by molar-refractivity contribution is 0.426. The van der Waals surface area contributed by atoms with E-state index in [2.05, 4.69) is 20.6 Å². The van der Waals surface area contributed by atoms with Crippen LogP contribution in [0, 0.1) is 0 Å². The molecule has 0 aliphatic heterocycles. The largest absolute Gasteiger partial charge is 0.328 e. The Labute approximate surface area is 108 Å². The standard InChI is InChI=1S/C15H19N3/c1-2-6-13(7-3-1)15-10-16-12-18(15)11-14-8-4-5-9-17-14/h4-5,8-10,12-13H,1-3,6-7,11H2. The molecule has 1 aliphatic carbocycles. The number of aromatic nitrogens is 3. The molecule has 0 spiro atoms. The summed E-state index contributed by atoms with van der Waals surface area (Å²) in [7, 11) is 0. The lowest BCUT2D eigenvalue weighted by Gasteiger charge is -2.22. The molecular formula is C15H19N3. The average Bonchev–Trinajstić information content (AvgIpc) is 2.89. The Morgan fingerprint density at radius 2 is 2.06 bits per heavy atom. The van der Waals surface area contributed by atoms with Crippen LogP contribution in [0.25, 0.3) is 0 Å². The SMILES string of the molecule is c1ccc(Cn2cncc2C2CCCCC2)nc1. The Hall–Kier alpha value is -1.64. The summed E-state index contributed by atoms with van der Waals surface area (Å²) in [6, 6.07) is 6.07. The quantitative estimate of drug-likeness (QED) is 0.824. The van der Waals surface area contributed by atoms with Gasteiger partial charge in [-0.25, -0.2) is 4.98 Å². The van der Waals surface area contributed by atoms with Gasteiger partial charge in [0.15, 0.2) is 0 Å². The van der Waals surface area contributed by atoms with E-state index in [-0.39, 0.29) is 0 Å². The summed E-state index contributed by atoms with van der Waals surface area (Å²) in [4.78, 5) is 8.72. The van der Waals surface area contributed by atoms with E-state index < -0.39 is 0 Å². The second-order valence-electron chi connectivity index (χ2n) is 5.10. The molecule has 1 saturated carbocycles. The maximum Gasteiger partial charge on any atom is 0.0951 e. The molecule has 0 bridgehead atoms. The second-order valence-corrected chi connectivity index (χ2v) is 5.10. The van der Waals surface area contributed by atoms with Gasteiger partial charge in [0.1, 0.15) is 0 Å². The average molecular weight is 241 g/mol. The summed E-state index contributed by atoms with van der Waals surface area (Å²) in [6.07, 6.45) is 12.6. The molecular weight excluding hydrogens is 222 g/mol. The molecule has 3 nitrogen and oxygen atoms in total. The van der Waals surface area contributed by atoms with Crippen LogP contribution in [0.15, 0.2) is 36.9 Å². The van der Waals surface area contributed by atoms with Crippen LogP contribution in [-0.4, -0.2) is 14.5 Å². The highest BCUT2D eigenvalue weighted by Gasteiger charge is 2.18. The van der Waals surface area contributed by atoms with Crippen molar-refractivity contribution in [3.8, 4) is 0 Å². The third-order valence-corrected chi connectivity index (χ3v) is 3.83. The lowest BCUT2D eigenvalue weighted by atomic mass is 9.87. The van der Waals surface area contributed by atoms with Gasteiger partial charge in [-0.05, 0) is 25.0 Å². The molecule has 2 heterocycles. The maximum absolute atomic E-state index is 4.39. The number of hydrogen-bond acceptors (Lipinski definition) is 2. The number of hydrogen-bond donors (Lipinski definition) is 0. The fraction of sp³-hybridized carbons (Fsp3) is 0.467. The molecule has 0 aromatic carbocycles. The number of imidazole rings is 1. The van der Waals surface area contributed by atoms with E-state index >= 15 is 0 Å². The van der Waals surface area contributed by atoms with E-state index in [4.69, 9.17) is 0 Å². The van der Waals surface area contributed by atoms with E-state index in [9.17, 15) is 0 Å². The molecule has 1 aliphatic rings. The van der Waals surface area contributed by atoms with Gasteiger partial charge in [-0.3, -0.25) is 4.98 Å². The van der Waals surface area contributed by atoms with Crippen molar-refractivity contribution in [3.05, 3.63) is 48.3 Å². The first-order valence-corrected chi connectivity index (χ1v) is 6.83. The van der Waals surface area contributed by atoms with Gasteiger partial charge >= 0.3 is 0 Å². The third-order valence-electron chi connectivity index (χ3n) is 3.83. The van der Waals surface area contributed by atoms with Gasteiger partial charge in [0.25, 0.3) is 0 Å². The smallest absolute Gasteiger partial charge is 0.0951 e. The van der Waals surface area contributed by atoms with Gasteiger partial charge < -0.3 is 4.57 Å². The molecule has 0 N–H and O–H groups in total. The lowest BCUT2D eigenvalue weighted by Crippen LogP contribution is -2.11. The van der Waals surface area contributed by atoms with Crippen molar-refractivity contribution < 1.29 is 0 Å². The van der Waals surface area contributed by atoms with E-state index in [1.165, 1.54) is 37.8 Å². The zero-order chi connectivity index (χ0) is 12.2. The van der Waals surface area contributed by atoms with Gasteiger partial charge in [0.05, 0.1) is 18.6 Å². The van der Waals surface area contributed by atoms with Crippen molar-refractivity contribution in [2.24, 2.45) is 0 Å². The minimum Gasteiger partial charge on any atom is -0.328 e. The van der Waals surface area contributed by atoms with Crippen molar-refractivity contribution in [1.82, 2.24) is 14.5 Å². The molecule has 0 amide bonds. The normalized spacial score (nSPS) is 16.9. The fourth-order valence-corrected chi connectivity index (χ4v) is 2.87. The molecule has 2 aromatic heterocycles. The predicted molar refractivity (Wildman–Crippen MR) is 71.4 cm³/mol. The maximum atomic E-state index is 4.39. The molecule has 94 valence electrons. The van der Waals surface area contributed by atoms with Gasteiger partial charge in [0.2, 0.25) is 0 Å². The van der Waals surface area contributed by atoms with E-state index in [1.807, 2.05) is 30.9 Å². The van der Waals surface area contributed by atoms with Crippen LogP contribution in [0.2, 0.25) is 0 Å². The van der Waals surface area contributed by atoms with Crippen LogP contribution in [-0.2, 0) is 6.54 Å². The summed E-state index contributed by atoms with van der Waals surface area (Å²) in [5, 5.41) is 0. The van der Waals surface area contributed by atoms with Gasteiger partial charge in [-0.2, -0.15) is 0 Å². The molecule has 3 rings (SSSR count). The van der Waals surface area contributed by atoms with Crippen molar-refractivity contribution in [2.75, 3.05) is 0 Å². The van der Waals surface area contributed by atoms with Crippen LogP contribution in [0.1, 0.15) is 49.4 Å². The zero-order valence-corrected chi connectivity index (χ0v) is 10.6. The Bertz CT molecular complexity index is 483. The number of rotatable bonds is 3. The molecule has 0 saturated heterocycles. The second kappa shape index (κ2) is 5.34. The van der Waals surface area contributed by atoms with Gasteiger partial charge in [0, 0.05) is 24.0 Å². The van der Waals surface area contributed by atoms with E-state index in [0.717, 1.165) is 12.2 Å². The summed E-state index contributed by atoms with van der Waals surface area (Å²) >= 11 is 0. The first kappa shape index (κ1) is 11.5. The molecule has 1 fully saturated rings. The first-order valence-electron chi connectivity index (χ1n) is 6.83. The van der Waals surface area contributed by atoms with Crippen molar-refractivity contribution in [3.63, 3.8) is 0 Å². The van der Waals surface area contributed by atoms with Crippen LogP contribution in [0.5, 0.6) is 0 Å². The van der Waals surface area contributed by atoms with Crippen molar-refractivity contribution in [2.45, 2.75) is 44.6 Å². The monoisotopic (exact) mass is 241 g/mol. The molecule has 0 unspecified atom stereocenters. The van der Waals surface area contributed by atoms with Crippen molar-refractivity contribution >= 4 is 0 Å². The molecule has 2 aromatic rings. The Balaban J connectivity index is 1.78. The van der Waals surface area contributed by atoms with Gasteiger partial charge in [-0.1, -0.05) is 25.3 Å². The summed E-state index contributed by atoms with van der Waals surface area (Å²) in [5.41, 5.74) is 2.49. The highest BCUT2D eigenvalue weighted by atomic mass is 15.1. The van der Waals surface area contributed by atoms with Crippen LogP contribution < -0.4 is 0 Å². The predicted octanol–water partition coefficient (Wildman–Crippen LogP) is 3.37. The molecule has 3 heteroatoms. The number of nitrogens with zero attached hydrogens (tertiary/aromatic N) is 3. The van der Waals surface area contributed by atoms with E-state index in [0.29, 0.717) is 5.92 Å². The zero-order valence-electron chi connectivity index (χ0n) is 10.6. The molecule has 18 heavy (non-hydrogen) atoms. The summed E-state index contributed by atoms with van der Waals surface area (Å²) in [6.45, 7) is 0.840. The topological polar surface area (TPSA) is 30.7 Å².